The standard InChI is InChI=1S/C13H15NO5/c1-14-4-3-7-5-8-11(19-6-18-8)12(17-2)9(7)10(14)13(15)16/h5,10H,3-4,6H2,1-2H3,(H,15,16)/t10-/m1/s1. The first-order chi connectivity index (χ1) is 9.13. The normalized spacial score (nSPS) is 23.9. The summed E-state index contributed by atoms with van der Waals surface area (Å²) in [6.07, 6.45) is 0.776. The Balaban J connectivity index is 2.23. The molecule has 0 saturated heterocycles. The van der Waals surface area contributed by atoms with E-state index >= 15 is 0 Å². The summed E-state index contributed by atoms with van der Waals surface area (Å²) in [4.78, 5) is 12.3. The molecule has 0 aliphatic carbocycles. The predicted octanol–water partition coefficient (Wildman–Crippen LogP) is -1.71. The lowest BCUT2D eigenvalue weighted by molar-refractivity contribution is -0.907. The van der Waals surface area contributed by atoms with Crippen LogP contribution in [0.4, 0.5) is 0 Å². The first-order valence-electron chi connectivity index (χ1n) is 6.16. The van der Waals surface area contributed by atoms with Gasteiger partial charge in [-0.05, 0) is 11.6 Å². The largest absolute Gasteiger partial charge is 0.544 e. The first-order valence-corrected chi connectivity index (χ1v) is 6.16. The lowest BCUT2D eigenvalue weighted by Crippen LogP contribution is -3.11. The van der Waals surface area contributed by atoms with Crippen LogP contribution in [0.15, 0.2) is 6.07 Å². The Morgan fingerprint density at radius 2 is 2.32 bits per heavy atom. The summed E-state index contributed by atoms with van der Waals surface area (Å²) in [5, 5.41) is 11.4. The van der Waals surface area contributed by atoms with Crippen LogP contribution < -0.4 is 24.2 Å². The summed E-state index contributed by atoms with van der Waals surface area (Å²) in [5.74, 6) is 0.461. The van der Waals surface area contributed by atoms with Gasteiger partial charge in [0.1, 0.15) is 5.97 Å². The summed E-state index contributed by atoms with van der Waals surface area (Å²) in [5.41, 5.74) is 1.58. The van der Waals surface area contributed by atoms with E-state index in [1.54, 1.807) is 0 Å². The molecule has 2 heterocycles. The van der Waals surface area contributed by atoms with Crippen LogP contribution >= 0.6 is 0 Å². The van der Waals surface area contributed by atoms with Crippen molar-refractivity contribution in [1.29, 1.82) is 0 Å². The number of nitrogens with one attached hydrogen (secondary N) is 1. The number of carboxylic acid groups (broad SMARTS) is 1. The summed E-state index contributed by atoms with van der Waals surface area (Å²) < 4.78 is 16.1. The van der Waals surface area contributed by atoms with Crippen molar-refractivity contribution >= 4 is 5.97 Å². The van der Waals surface area contributed by atoms with Gasteiger partial charge in [0, 0.05) is 6.42 Å². The van der Waals surface area contributed by atoms with Crippen LogP contribution in [0.3, 0.4) is 0 Å². The molecular weight excluding hydrogens is 250 g/mol. The second kappa shape index (κ2) is 4.31. The molecule has 1 unspecified atom stereocenters. The number of likely N-dealkylation sites (N-methyl/N-ethyl adjacent to an activating group) is 1. The average Bonchev–Trinajstić information content (AvgIpc) is 2.83. The van der Waals surface area contributed by atoms with Gasteiger partial charge in [-0.25, -0.2) is 0 Å². The molecule has 102 valence electrons. The van der Waals surface area contributed by atoms with Crippen LogP contribution in [0.1, 0.15) is 17.2 Å². The van der Waals surface area contributed by atoms with E-state index in [-0.39, 0.29) is 6.79 Å². The minimum Gasteiger partial charge on any atom is -0.544 e. The van der Waals surface area contributed by atoms with Gasteiger partial charge in [-0.1, -0.05) is 0 Å². The van der Waals surface area contributed by atoms with Gasteiger partial charge >= 0.3 is 0 Å². The maximum absolute atomic E-state index is 11.4. The molecule has 0 fully saturated rings. The molecule has 0 radical (unpaired) electrons. The zero-order chi connectivity index (χ0) is 13.6. The predicted molar refractivity (Wildman–Crippen MR) is 62.3 cm³/mol. The fourth-order valence-corrected chi connectivity index (χ4v) is 2.84. The average molecular weight is 265 g/mol. The second-order valence-corrected chi connectivity index (χ2v) is 4.81. The van der Waals surface area contributed by atoms with E-state index in [1.807, 2.05) is 13.1 Å². The number of rotatable bonds is 2. The number of hydrogen-bond acceptors (Lipinski definition) is 5. The van der Waals surface area contributed by atoms with Gasteiger partial charge in [0.15, 0.2) is 17.5 Å². The Bertz CT molecular complexity index is 542. The van der Waals surface area contributed by atoms with E-state index in [1.165, 1.54) is 7.11 Å². The van der Waals surface area contributed by atoms with Gasteiger partial charge in [-0.3, -0.25) is 0 Å². The highest BCUT2D eigenvalue weighted by atomic mass is 16.7. The van der Waals surface area contributed by atoms with E-state index in [0.29, 0.717) is 22.8 Å². The summed E-state index contributed by atoms with van der Waals surface area (Å²) in [6.45, 7) is 0.863. The molecule has 6 heteroatoms. The highest BCUT2D eigenvalue weighted by molar-refractivity contribution is 5.76. The molecule has 0 spiro atoms. The van der Waals surface area contributed by atoms with Crippen LogP contribution in [0.25, 0.3) is 0 Å². The van der Waals surface area contributed by atoms with E-state index < -0.39 is 12.0 Å². The zero-order valence-corrected chi connectivity index (χ0v) is 10.8. The number of carbonyl (C=O) groups is 1. The molecule has 19 heavy (non-hydrogen) atoms. The van der Waals surface area contributed by atoms with Crippen LogP contribution in [0.2, 0.25) is 0 Å². The minimum atomic E-state index is -1.10. The zero-order valence-electron chi connectivity index (χ0n) is 10.8. The first kappa shape index (κ1) is 12.1. The third-order valence-corrected chi connectivity index (χ3v) is 3.75. The van der Waals surface area contributed by atoms with Gasteiger partial charge in [0.25, 0.3) is 0 Å². The third-order valence-electron chi connectivity index (χ3n) is 3.75. The van der Waals surface area contributed by atoms with Gasteiger partial charge < -0.3 is 29.0 Å². The van der Waals surface area contributed by atoms with Crippen molar-refractivity contribution < 1.29 is 29.0 Å². The van der Waals surface area contributed by atoms with Crippen molar-refractivity contribution in [2.45, 2.75) is 12.5 Å². The fourth-order valence-electron chi connectivity index (χ4n) is 2.84. The monoisotopic (exact) mass is 265 g/mol. The summed E-state index contributed by atoms with van der Waals surface area (Å²) in [7, 11) is 3.35. The molecule has 1 aromatic rings. The molecule has 1 aromatic carbocycles. The number of ether oxygens (including phenoxy) is 3. The van der Waals surface area contributed by atoms with Gasteiger partial charge in [0.2, 0.25) is 12.5 Å². The number of fused-ring (bicyclic) bond motifs is 2. The quantitative estimate of drug-likeness (QED) is 0.689. The van der Waals surface area contributed by atoms with Gasteiger partial charge in [-0.2, -0.15) is 0 Å². The van der Waals surface area contributed by atoms with Crippen molar-refractivity contribution in [3.05, 3.63) is 17.2 Å². The maximum Gasteiger partial charge on any atom is 0.231 e. The Kier molecular flexibility index (Phi) is 2.74. The highest BCUT2D eigenvalue weighted by Gasteiger charge is 2.37. The van der Waals surface area contributed by atoms with Crippen molar-refractivity contribution in [2.24, 2.45) is 0 Å². The molecule has 0 bridgehead atoms. The molecule has 2 aliphatic rings. The Morgan fingerprint density at radius 3 is 3.00 bits per heavy atom. The number of quaternary nitrogens is 1. The number of hydrogen-bond donors (Lipinski definition) is 1. The molecule has 2 atom stereocenters. The Hall–Kier alpha value is -1.95. The Labute approximate surface area is 110 Å². The van der Waals surface area contributed by atoms with Crippen LogP contribution in [0, 0.1) is 0 Å². The molecular formula is C13H15NO5. The molecule has 0 amide bonds. The van der Waals surface area contributed by atoms with Crippen molar-refractivity contribution in [3.63, 3.8) is 0 Å². The lowest BCUT2D eigenvalue weighted by Gasteiger charge is -2.33. The third kappa shape index (κ3) is 1.71. The number of carboxylic acids is 1. The summed E-state index contributed by atoms with van der Waals surface area (Å²) in [6, 6.07) is 1.11. The number of carbonyl (C=O) groups excluding carboxylic acids is 1. The van der Waals surface area contributed by atoms with E-state index in [9.17, 15) is 9.90 Å². The van der Waals surface area contributed by atoms with Crippen molar-refractivity contribution in [3.8, 4) is 17.2 Å². The highest BCUT2D eigenvalue weighted by Crippen LogP contribution is 2.47. The molecule has 1 N–H and O–H groups in total. The Morgan fingerprint density at radius 1 is 1.53 bits per heavy atom. The minimum absolute atomic E-state index is 0.132. The van der Waals surface area contributed by atoms with Crippen LogP contribution in [-0.2, 0) is 11.2 Å². The maximum atomic E-state index is 11.4. The van der Waals surface area contributed by atoms with Crippen LogP contribution in [-0.4, -0.2) is 33.5 Å². The van der Waals surface area contributed by atoms with E-state index in [0.717, 1.165) is 23.4 Å². The molecule has 3 rings (SSSR count). The smallest absolute Gasteiger partial charge is 0.231 e. The fraction of sp³-hybridized carbons (Fsp3) is 0.462. The van der Waals surface area contributed by atoms with Gasteiger partial charge in [-0.15, -0.1) is 0 Å². The number of benzene rings is 1. The second-order valence-electron chi connectivity index (χ2n) is 4.81. The van der Waals surface area contributed by atoms with Crippen molar-refractivity contribution in [2.75, 3.05) is 27.5 Å². The summed E-state index contributed by atoms with van der Waals surface area (Å²) >= 11 is 0. The van der Waals surface area contributed by atoms with E-state index in [2.05, 4.69) is 0 Å². The molecule has 0 saturated carbocycles. The van der Waals surface area contributed by atoms with E-state index in [4.69, 9.17) is 14.2 Å². The van der Waals surface area contributed by atoms with Crippen molar-refractivity contribution in [1.82, 2.24) is 0 Å². The van der Waals surface area contributed by atoms with Crippen LogP contribution in [0.5, 0.6) is 17.2 Å². The molecule has 6 nitrogen and oxygen atoms in total. The molecule has 2 aliphatic heterocycles. The lowest BCUT2D eigenvalue weighted by atomic mass is 9.91. The topological polar surface area (TPSA) is 72.3 Å². The SMILES string of the molecule is COc1c2c(cc3c1[C@H](C(=O)[O-])[NH+](C)CC3)OCO2. The van der Waals surface area contributed by atoms with Gasteiger partial charge in [0.05, 0.1) is 26.3 Å². The molecule has 0 aromatic heterocycles. The number of aliphatic carboxylic acids is 1. The number of methoxy groups -OCH3 is 1.